The zero-order valence-corrected chi connectivity index (χ0v) is 14.3. The molecule has 0 bridgehead atoms. The van der Waals surface area contributed by atoms with Crippen LogP contribution in [0.5, 0.6) is 0 Å². The maximum atomic E-state index is 12.1. The van der Waals surface area contributed by atoms with Crippen LogP contribution >= 0.6 is 0 Å². The van der Waals surface area contributed by atoms with Crippen LogP contribution in [0.15, 0.2) is 47.3 Å². The lowest BCUT2D eigenvalue weighted by atomic mass is 10.3. The molecular weight excluding hydrogens is 328 g/mol. The van der Waals surface area contributed by atoms with E-state index in [9.17, 15) is 13.2 Å². The number of nitrogens with zero attached hydrogens (tertiary/aromatic N) is 4. The van der Waals surface area contributed by atoms with Crippen LogP contribution < -0.4 is 10.5 Å². The molecule has 0 unspecified atom stereocenters. The summed E-state index contributed by atoms with van der Waals surface area (Å²) in [5.74, 6) is 0.788. The van der Waals surface area contributed by atoms with Crippen molar-refractivity contribution < 1.29 is 8.42 Å². The van der Waals surface area contributed by atoms with Gasteiger partial charge in [0.15, 0.2) is 0 Å². The fourth-order valence-electron chi connectivity index (χ4n) is 2.70. The summed E-state index contributed by atoms with van der Waals surface area (Å²) in [6.07, 6.45) is 0. The first-order chi connectivity index (χ1) is 11.5. The highest BCUT2D eigenvalue weighted by molar-refractivity contribution is 7.89. The van der Waals surface area contributed by atoms with Gasteiger partial charge in [0.25, 0.3) is 5.56 Å². The number of para-hydroxylation sites is 1. The summed E-state index contributed by atoms with van der Waals surface area (Å²) in [5, 5.41) is 4.44. The second-order valence-corrected chi connectivity index (χ2v) is 7.82. The molecule has 0 saturated carbocycles. The van der Waals surface area contributed by atoms with E-state index in [-0.39, 0.29) is 11.3 Å². The number of aromatic nitrogens is 2. The standard InChI is InChI=1S/C16H20N4O3S/c1-2-24(22,23)19-12-10-18(11-13-19)15-8-9-16(21)20(17-15)14-6-4-3-5-7-14/h3-9H,2,10-13H2,1H3. The van der Waals surface area contributed by atoms with Crippen molar-refractivity contribution in [1.82, 2.24) is 14.1 Å². The molecule has 128 valence electrons. The third-order valence-electron chi connectivity index (χ3n) is 4.11. The van der Waals surface area contributed by atoms with E-state index in [0.29, 0.717) is 37.7 Å². The first kappa shape index (κ1) is 16.7. The molecule has 1 aromatic carbocycles. The van der Waals surface area contributed by atoms with Crippen LogP contribution in [-0.4, -0.2) is 54.4 Å². The molecule has 1 saturated heterocycles. The van der Waals surface area contributed by atoms with Gasteiger partial charge < -0.3 is 4.90 Å². The van der Waals surface area contributed by atoms with E-state index >= 15 is 0 Å². The minimum Gasteiger partial charge on any atom is -0.353 e. The average molecular weight is 348 g/mol. The van der Waals surface area contributed by atoms with E-state index in [2.05, 4.69) is 5.10 Å². The largest absolute Gasteiger partial charge is 0.353 e. The number of piperazine rings is 1. The Bertz CT molecular complexity index is 856. The van der Waals surface area contributed by atoms with Crippen molar-refractivity contribution in [3.63, 3.8) is 0 Å². The Hall–Kier alpha value is -2.19. The summed E-state index contributed by atoms with van der Waals surface area (Å²) in [4.78, 5) is 14.1. The summed E-state index contributed by atoms with van der Waals surface area (Å²) in [6, 6.07) is 12.4. The number of benzene rings is 1. The quantitative estimate of drug-likeness (QED) is 0.813. The van der Waals surface area contributed by atoms with E-state index in [1.165, 1.54) is 15.1 Å². The van der Waals surface area contributed by atoms with Gasteiger partial charge >= 0.3 is 0 Å². The molecule has 1 aliphatic rings. The van der Waals surface area contributed by atoms with E-state index in [1.54, 1.807) is 13.0 Å². The molecule has 2 heterocycles. The fraction of sp³-hybridized carbons (Fsp3) is 0.375. The van der Waals surface area contributed by atoms with Crippen molar-refractivity contribution in [3.8, 4) is 5.69 Å². The maximum Gasteiger partial charge on any atom is 0.271 e. The third-order valence-corrected chi connectivity index (χ3v) is 5.99. The monoisotopic (exact) mass is 348 g/mol. The zero-order valence-electron chi connectivity index (χ0n) is 13.5. The highest BCUT2D eigenvalue weighted by Crippen LogP contribution is 2.15. The molecule has 1 fully saturated rings. The maximum absolute atomic E-state index is 12.1. The molecule has 24 heavy (non-hydrogen) atoms. The van der Waals surface area contributed by atoms with Gasteiger partial charge in [-0.05, 0) is 25.1 Å². The van der Waals surface area contributed by atoms with Crippen LogP contribution in [0.2, 0.25) is 0 Å². The van der Waals surface area contributed by atoms with Crippen molar-refractivity contribution >= 4 is 15.8 Å². The summed E-state index contributed by atoms with van der Waals surface area (Å²) in [6.45, 7) is 3.63. The van der Waals surface area contributed by atoms with E-state index < -0.39 is 10.0 Å². The molecule has 0 atom stereocenters. The van der Waals surface area contributed by atoms with E-state index in [1.807, 2.05) is 35.2 Å². The Balaban J connectivity index is 1.81. The molecule has 0 amide bonds. The second kappa shape index (κ2) is 6.74. The molecule has 1 aromatic heterocycles. The van der Waals surface area contributed by atoms with Crippen molar-refractivity contribution in [3.05, 3.63) is 52.8 Å². The van der Waals surface area contributed by atoms with Crippen molar-refractivity contribution in [1.29, 1.82) is 0 Å². The smallest absolute Gasteiger partial charge is 0.271 e. The normalized spacial score (nSPS) is 16.3. The highest BCUT2D eigenvalue weighted by atomic mass is 32.2. The topological polar surface area (TPSA) is 75.5 Å². The van der Waals surface area contributed by atoms with Gasteiger partial charge in [0.1, 0.15) is 5.82 Å². The lowest BCUT2D eigenvalue weighted by Gasteiger charge is -2.34. The molecule has 1 aliphatic heterocycles. The Morgan fingerprint density at radius 1 is 1.00 bits per heavy atom. The van der Waals surface area contributed by atoms with E-state index in [4.69, 9.17) is 0 Å². The summed E-state index contributed by atoms with van der Waals surface area (Å²) < 4.78 is 26.7. The number of anilines is 1. The van der Waals surface area contributed by atoms with Gasteiger partial charge in [0, 0.05) is 32.2 Å². The molecule has 3 rings (SSSR count). The Labute approximate surface area is 141 Å². The van der Waals surface area contributed by atoms with Crippen LogP contribution in [0.1, 0.15) is 6.92 Å². The molecule has 8 heteroatoms. The zero-order chi connectivity index (χ0) is 17.2. The number of sulfonamides is 1. The molecular formula is C16H20N4O3S. The predicted molar refractivity (Wildman–Crippen MR) is 93.1 cm³/mol. The van der Waals surface area contributed by atoms with Gasteiger partial charge in [-0.2, -0.15) is 8.99 Å². The Morgan fingerprint density at radius 2 is 1.67 bits per heavy atom. The predicted octanol–water partition coefficient (Wildman–Crippen LogP) is 0.704. The highest BCUT2D eigenvalue weighted by Gasteiger charge is 2.26. The molecule has 0 radical (unpaired) electrons. The molecule has 0 N–H and O–H groups in total. The van der Waals surface area contributed by atoms with Crippen LogP contribution in [0.4, 0.5) is 5.82 Å². The molecule has 7 nitrogen and oxygen atoms in total. The van der Waals surface area contributed by atoms with Crippen LogP contribution in [0.3, 0.4) is 0 Å². The minimum atomic E-state index is -3.15. The van der Waals surface area contributed by atoms with Crippen LogP contribution in [-0.2, 0) is 10.0 Å². The molecule has 2 aromatic rings. The summed E-state index contributed by atoms with van der Waals surface area (Å²) in [7, 11) is -3.15. The Morgan fingerprint density at radius 3 is 2.29 bits per heavy atom. The average Bonchev–Trinajstić information content (AvgIpc) is 2.63. The van der Waals surface area contributed by atoms with Crippen molar-refractivity contribution in [2.24, 2.45) is 0 Å². The Kier molecular flexibility index (Phi) is 4.68. The van der Waals surface area contributed by atoms with Crippen LogP contribution in [0.25, 0.3) is 5.69 Å². The van der Waals surface area contributed by atoms with Gasteiger partial charge in [0.05, 0.1) is 11.4 Å². The number of hydrogen-bond acceptors (Lipinski definition) is 5. The van der Waals surface area contributed by atoms with Gasteiger partial charge in [-0.15, -0.1) is 5.10 Å². The van der Waals surface area contributed by atoms with Gasteiger partial charge in [0.2, 0.25) is 10.0 Å². The second-order valence-electron chi connectivity index (χ2n) is 5.56. The lowest BCUT2D eigenvalue weighted by molar-refractivity contribution is 0.383. The van der Waals surface area contributed by atoms with Gasteiger partial charge in [-0.3, -0.25) is 4.79 Å². The number of rotatable bonds is 4. The first-order valence-corrected chi connectivity index (χ1v) is 9.51. The van der Waals surface area contributed by atoms with E-state index in [0.717, 1.165) is 0 Å². The number of hydrogen-bond donors (Lipinski definition) is 0. The van der Waals surface area contributed by atoms with Crippen molar-refractivity contribution in [2.45, 2.75) is 6.92 Å². The lowest BCUT2D eigenvalue weighted by Crippen LogP contribution is -2.49. The fourth-order valence-corrected chi connectivity index (χ4v) is 3.79. The summed E-state index contributed by atoms with van der Waals surface area (Å²) >= 11 is 0. The van der Waals surface area contributed by atoms with Crippen LogP contribution in [0, 0.1) is 0 Å². The van der Waals surface area contributed by atoms with Crippen molar-refractivity contribution in [2.75, 3.05) is 36.8 Å². The molecule has 0 spiro atoms. The van der Waals surface area contributed by atoms with Gasteiger partial charge in [-0.25, -0.2) is 8.42 Å². The summed E-state index contributed by atoms with van der Waals surface area (Å²) in [5.41, 5.74) is 0.508. The minimum absolute atomic E-state index is 0.115. The third kappa shape index (κ3) is 3.34. The molecule has 0 aliphatic carbocycles. The first-order valence-electron chi connectivity index (χ1n) is 7.90. The SMILES string of the molecule is CCS(=O)(=O)N1CCN(c2ccc(=O)n(-c3ccccc3)n2)CC1. The van der Waals surface area contributed by atoms with Gasteiger partial charge in [-0.1, -0.05) is 18.2 Å².